The molecule has 1 saturated heterocycles. The van der Waals surface area contributed by atoms with Crippen LogP contribution in [0.3, 0.4) is 0 Å². The number of esters is 1. The molecule has 2 heterocycles. The maximum absolute atomic E-state index is 12.6. The van der Waals surface area contributed by atoms with Gasteiger partial charge in [0.1, 0.15) is 11.9 Å². The molecule has 1 unspecified atom stereocenters. The van der Waals surface area contributed by atoms with E-state index < -0.39 is 16.7 Å². The highest BCUT2D eigenvalue weighted by atomic mass is 16.5. The molecule has 0 saturated carbocycles. The van der Waals surface area contributed by atoms with Crippen LogP contribution in [0.2, 0.25) is 0 Å². The quantitative estimate of drug-likeness (QED) is 0.729. The third kappa shape index (κ3) is 2.84. The van der Waals surface area contributed by atoms with Crippen LogP contribution in [0.5, 0.6) is 0 Å². The van der Waals surface area contributed by atoms with E-state index in [1.165, 1.54) is 18.7 Å². The minimum atomic E-state index is -0.722. The van der Waals surface area contributed by atoms with Gasteiger partial charge in [-0.3, -0.25) is 18.7 Å². The molecule has 1 aliphatic rings. The van der Waals surface area contributed by atoms with Crippen molar-refractivity contribution in [3.8, 4) is 6.07 Å². The second kappa shape index (κ2) is 6.75. The van der Waals surface area contributed by atoms with Gasteiger partial charge in [0, 0.05) is 27.2 Å². The molecule has 0 aromatic carbocycles. The van der Waals surface area contributed by atoms with Crippen LogP contribution in [0.4, 0.5) is 5.82 Å². The molecule has 0 spiro atoms. The molecule has 1 atom stereocenters. The first-order valence-electron chi connectivity index (χ1n) is 8.33. The number of carbonyl (C=O) groups is 1. The third-order valence-electron chi connectivity index (χ3n) is 5.13. The number of ether oxygens (including phenoxy) is 1. The molecule has 1 aromatic heterocycles. The van der Waals surface area contributed by atoms with Gasteiger partial charge in [-0.25, -0.2) is 4.79 Å². The average Bonchev–Trinajstić information content (AvgIpc) is 3.02. The topological polar surface area (TPSA) is 97.3 Å². The predicted molar refractivity (Wildman–Crippen MR) is 92.4 cm³/mol. The Bertz CT molecular complexity index is 846. The minimum Gasteiger partial charge on any atom is -0.466 e. The largest absolute Gasteiger partial charge is 0.466 e. The fourth-order valence-corrected chi connectivity index (χ4v) is 3.46. The highest BCUT2D eigenvalue weighted by Crippen LogP contribution is 2.41. The van der Waals surface area contributed by atoms with Crippen molar-refractivity contribution in [1.29, 1.82) is 5.26 Å². The third-order valence-corrected chi connectivity index (χ3v) is 5.13. The second-order valence-electron chi connectivity index (χ2n) is 6.72. The number of anilines is 1. The normalized spacial score (nSPS) is 20.0. The van der Waals surface area contributed by atoms with Gasteiger partial charge < -0.3 is 9.64 Å². The van der Waals surface area contributed by atoms with E-state index in [9.17, 15) is 19.6 Å². The number of hydrogen-bond acceptors (Lipinski definition) is 6. The summed E-state index contributed by atoms with van der Waals surface area (Å²) >= 11 is 0. The van der Waals surface area contributed by atoms with Gasteiger partial charge in [0.05, 0.1) is 12.0 Å². The second-order valence-corrected chi connectivity index (χ2v) is 6.72. The van der Waals surface area contributed by atoms with Gasteiger partial charge in [-0.15, -0.1) is 0 Å². The van der Waals surface area contributed by atoms with E-state index in [0.29, 0.717) is 26.1 Å². The first-order valence-corrected chi connectivity index (χ1v) is 8.33. The van der Waals surface area contributed by atoms with Crippen LogP contribution < -0.4 is 16.1 Å². The number of rotatable bonds is 4. The molecule has 0 aliphatic carbocycles. The van der Waals surface area contributed by atoms with E-state index in [4.69, 9.17) is 4.74 Å². The molecule has 25 heavy (non-hydrogen) atoms. The fourth-order valence-electron chi connectivity index (χ4n) is 3.46. The van der Waals surface area contributed by atoms with Gasteiger partial charge >= 0.3 is 11.7 Å². The zero-order chi connectivity index (χ0) is 18.9. The van der Waals surface area contributed by atoms with Gasteiger partial charge in [-0.1, -0.05) is 13.8 Å². The average molecular weight is 348 g/mol. The Kier molecular flexibility index (Phi) is 5.07. The van der Waals surface area contributed by atoms with Crippen LogP contribution in [0, 0.1) is 22.7 Å². The minimum absolute atomic E-state index is 0.0191. The van der Waals surface area contributed by atoms with E-state index in [0.717, 1.165) is 4.57 Å². The molecular weight excluding hydrogens is 324 g/mol. The van der Waals surface area contributed by atoms with E-state index in [1.807, 2.05) is 19.9 Å². The lowest BCUT2D eigenvalue weighted by Crippen LogP contribution is -2.44. The summed E-state index contributed by atoms with van der Waals surface area (Å²) in [5.74, 6) is 0.00734. The maximum atomic E-state index is 12.6. The van der Waals surface area contributed by atoms with Gasteiger partial charge in [0.15, 0.2) is 5.56 Å². The number of nitrogens with zero attached hydrogens (tertiary/aromatic N) is 4. The molecule has 1 aromatic rings. The lowest BCUT2D eigenvalue weighted by atomic mass is 9.76. The molecule has 8 heteroatoms. The Labute approximate surface area is 146 Å². The van der Waals surface area contributed by atoms with E-state index in [1.54, 1.807) is 11.8 Å². The molecular formula is C17H24N4O4. The van der Waals surface area contributed by atoms with Crippen LogP contribution in [-0.2, 0) is 23.6 Å². The summed E-state index contributed by atoms with van der Waals surface area (Å²) in [5.41, 5.74) is -1.94. The van der Waals surface area contributed by atoms with E-state index >= 15 is 0 Å². The van der Waals surface area contributed by atoms with Gasteiger partial charge in [-0.2, -0.15) is 5.26 Å². The number of aromatic nitrogens is 2. The fraction of sp³-hybridized carbons (Fsp3) is 0.647. The summed E-state index contributed by atoms with van der Waals surface area (Å²) in [4.78, 5) is 38.9. The maximum Gasteiger partial charge on any atom is 0.332 e. The Hall–Kier alpha value is -2.56. The molecule has 0 N–H and O–H groups in total. The summed E-state index contributed by atoms with van der Waals surface area (Å²) in [7, 11) is 2.87. The van der Waals surface area contributed by atoms with Gasteiger partial charge in [-0.05, 0) is 19.3 Å². The number of hydrogen-bond donors (Lipinski definition) is 0. The number of carbonyl (C=O) groups excluding carboxylic acids is 1. The SMILES string of the molecule is CCOC(=O)C1(C(C)C)CCN(c2c(C#N)c(=O)n(C)c(=O)n2C)C1. The molecule has 1 fully saturated rings. The Morgan fingerprint density at radius 3 is 2.48 bits per heavy atom. The van der Waals surface area contributed by atoms with Gasteiger partial charge in [0.25, 0.3) is 5.56 Å². The number of nitriles is 1. The van der Waals surface area contributed by atoms with Crippen molar-refractivity contribution in [2.24, 2.45) is 25.4 Å². The van der Waals surface area contributed by atoms with Gasteiger partial charge in [0.2, 0.25) is 0 Å². The molecule has 0 radical (unpaired) electrons. The highest BCUT2D eigenvalue weighted by Gasteiger charge is 2.49. The van der Waals surface area contributed by atoms with Crippen LogP contribution in [0.25, 0.3) is 0 Å². The Morgan fingerprint density at radius 1 is 1.32 bits per heavy atom. The van der Waals surface area contributed by atoms with Crippen LogP contribution in [-0.4, -0.2) is 34.8 Å². The summed E-state index contributed by atoms with van der Waals surface area (Å²) in [6, 6.07) is 1.91. The van der Waals surface area contributed by atoms with Crippen molar-refractivity contribution in [3.63, 3.8) is 0 Å². The summed E-state index contributed by atoms with van der Waals surface area (Å²) < 4.78 is 7.47. The van der Waals surface area contributed by atoms with Crippen molar-refractivity contribution in [1.82, 2.24) is 9.13 Å². The Balaban J connectivity index is 2.57. The first kappa shape index (κ1) is 18.8. The van der Waals surface area contributed by atoms with Crippen LogP contribution >= 0.6 is 0 Å². The van der Waals surface area contributed by atoms with E-state index in [-0.39, 0.29) is 23.3 Å². The molecule has 136 valence electrons. The molecule has 0 bridgehead atoms. The van der Waals surface area contributed by atoms with Crippen LogP contribution in [0.1, 0.15) is 32.8 Å². The van der Waals surface area contributed by atoms with E-state index in [2.05, 4.69) is 0 Å². The van der Waals surface area contributed by atoms with Crippen molar-refractivity contribution < 1.29 is 9.53 Å². The molecule has 2 rings (SSSR count). The Morgan fingerprint density at radius 2 is 1.96 bits per heavy atom. The molecule has 1 aliphatic heterocycles. The highest BCUT2D eigenvalue weighted by molar-refractivity contribution is 5.79. The standard InChI is InChI=1S/C17H24N4O4/c1-6-25-15(23)17(11(2)3)7-8-21(10-17)13-12(9-18)14(22)20(5)16(24)19(13)4/h11H,6-8,10H2,1-5H3. The lowest BCUT2D eigenvalue weighted by Gasteiger charge is -2.31. The summed E-state index contributed by atoms with van der Waals surface area (Å²) in [6.45, 7) is 6.73. The molecule has 0 amide bonds. The first-order chi connectivity index (χ1) is 11.7. The summed E-state index contributed by atoms with van der Waals surface area (Å²) in [5, 5.41) is 9.44. The zero-order valence-corrected chi connectivity index (χ0v) is 15.3. The van der Waals surface area contributed by atoms with Crippen LogP contribution in [0.15, 0.2) is 9.59 Å². The lowest BCUT2D eigenvalue weighted by molar-refractivity contribution is -0.156. The van der Waals surface area contributed by atoms with Crippen molar-refractivity contribution in [3.05, 3.63) is 26.4 Å². The zero-order valence-electron chi connectivity index (χ0n) is 15.3. The van der Waals surface area contributed by atoms with Crippen molar-refractivity contribution in [2.45, 2.75) is 27.2 Å². The predicted octanol–water partition coefficient (Wildman–Crippen LogP) is 0.371. The smallest absolute Gasteiger partial charge is 0.332 e. The monoisotopic (exact) mass is 348 g/mol. The molecule has 8 nitrogen and oxygen atoms in total. The van der Waals surface area contributed by atoms with Crippen molar-refractivity contribution in [2.75, 3.05) is 24.6 Å². The summed E-state index contributed by atoms with van der Waals surface area (Å²) in [6.07, 6.45) is 0.539. The van der Waals surface area contributed by atoms with Crippen molar-refractivity contribution >= 4 is 11.8 Å².